The van der Waals surface area contributed by atoms with E-state index >= 15 is 0 Å². The highest BCUT2D eigenvalue weighted by Crippen LogP contribution is 2.25. The first-order valence-corrected chi connectivity index (χ1v) is 6.42. The molecule has 1 saturated heterocycles. The maximum atomic E-state index is 12.0. The summed E-state index contributed by atoms with van der Waals surface area (Å²) in [5.74, 6) is -0.0336. The fraction of sp³-hybridized carbons (Fsp3) is 0.462. The summed E-state index contributed by atoms with van der Waals surface area (Å²) in [4.78, 5) is 12.0. The van der Waals surface area contributed by atoms with Crippen LogP contribution in [0, 0.1) is 12.3 Å². The highest BCUT2D eigenvalue weighted by atomic mass is 79.9. The van der Waals surface area contributed by atoms with Crippen LogP contribution in [0.4, 0.5) is 0 Å². The molecule has 4 heteroatoms. The van der Waals surface area contributed by atoms with Crippen LogP contribution < -0.4 is 5.32 Å². The second-order valence-electron chi connectivity index (χ2n) is 4.97. The largest absolute Gasteiger partial charge is 0.380 e. The maximum absolute atomic E-state index is 12.0. The van der Waals surface area contributed by atoms with Gasteiger partial charge in [0.05, 0.1) is 18.8 Å². The number of carbonyl (C=O) groups excluding carboxylic acids is 1. The summed E-state index contributed by atoms with van der Waals surface area (Å²) in [5, 5.41) is 2.96. The molecule has 0 radical (unpaired) electrons. The highest BCUT2D eigenvalue weighted by Gasteiger charge is 2.33. The third kappa shape index (κ3) is 2.87. The van der Waals surface area contributed by atoms with E-state index in [-0.39, 0.29) is 11.3 Å². The second-order valence-corrected chi connectivity index (χ2v) is 5.82. The Kier molecular flexibility index (Phi) is 3.54. The Morgan fingerprint density at radius 2 is 2.24 bits per heavy atom. The van der Waals surface area contributed by atoms with Gasteiger partial charge in [-0.3, -0.25) is 4.79 Å². The lowest BCUT2D eigenvalue weighted by atomic mass is 9.88. The molecule has 1 amide bonds. The molecular formula is C13H16BrNO2. The molecule has 1 aliphatic heterocycles. The SMILES string of the molecule is Cc1ccc(Br)c(C(=O)NCC2(C)COC2)c1. The van der Waals surface area contributed by atoms with Gasteiger partial charge in [0.15, 0.2) is 0 Å². The Hall–Kier alpha value is -0.870. The minimum Gasteiger partial charge on any atom is -0.380 e. The van der Waals surface area contributed by atoms with Crippen LogP contribution in [-0.4, -0.2) is 25.7 Å². The highest BCUT2D eigenvalue weighted by molar-refractivity contribution is 9.10. The van der Waals surface area contributed by atoms with Gasteiger partial charge in [0.1, 0.15) is 0 Å². The zero-order valence-corrected chi connectivity index (χ0v) is 11.6. The first-order chi connectivity index (χ1) is 8.00. The Morgan fingerprint density at radius 3 is 2.82 bits per heavy atom. The lowest BCUT2D eigenvalue weighted by Crippen LogP contribution is -2.48. The third-order valence-corrected chi connectivity index (χ3v) is 3.63. The number of aryl methyl sites for hydroxylation is 1. The minimum atomic E-state index is -0.0336. The monoisotopic (exact) mass is 297 g/mol. The number of amides is 1. The van der Waals surface area contributed by atoms with Gasteiger partial charge in [-0.25, -0.2) is 0 Å². The molecule has 1 N–H and O–H groups in total. The summed E-state index contributed by atoms with van der Waals surface area (Å²) in [5.41, 5.74) is 1.87. The van der Waals surface area contributed by atoms with Crippen molar-refractivity contribution in [1.82, 2.24) is 5.32 Å². The first kappa shape index (κ1) is 12.6. The van der Waals surface area contributed by atoms with Crippen molar-refractivity contribution in [3.63, 3.8) is 0 Å². The average Bonchev–Trinajstić information content (AvgIpc) is 2.26. The predicted octanol–water partition coefficient (Wildman–Crippen LogP) is 2.52. The summed E-state index contributed by atoms with van der Waals surface area (Å²) >= 11 is 3.40. The van der Waals surface area contributed by atoms with Gasteiger partial charge in [-0.15, -0.1) is 0 Å². The molecule has 0 spiro atoms. The van der Waals surface area contributed by atoms with E-state index in [2.05, 4.69) is 28.2 Å². The molecule has 1 aromatic rings. The fourth-order valence-electron chi connectivity index (χ4n) is 1.75. The molecule has 2 rings (SSSR count). The molecule has 0 saturated carbocycles. The molecule has 0 aromatic heterocycles. The number of benzene rings is 1. The quantitative estimate of drug-likeness (QED) is 0.931. The summed E-state index contributed by atoms with van der Waals surface area (Å²) in [6, 6.07) is 5.76. The van der Waals surface area contributed by atoms with Crippen LogP contribution in [0.5, 0.6) is 0 Å². The molecule has 0 unspecified atom stereocenters. The molecule has 1 aliphatic rings. The van der Waals surface area contributed by atoms with Gasteiger partial charge >= 0.3 is 0 Å². The number of hydrogen-bond acceptors (Lipinski definition) is 2. The number of carbonyl (C=O) groups is 1. The van der Waals surface area contributed by atoms with Gasteiger partial charge in [-0.1, -0.05) is 18.6 Å². The fourth-order valence-corrected chi connectivity index (χ4v) is 2.18. The van der Waals surface area contributed by atoms with E-state index < -0.39 is 0 Å². The van der Waals surface area contributed by atoms with E-state index in [9.17, 15) is 4.79 Å². The zero-order valence-electron chi connectivity index (χ0n) is 10.0. The van der Waals surface area contributed by atoms with Crippen LogP contribution in [0.25, 0.3) is 0 Å². The van der Waals surface area contributed by atoms with Crippen molar-refractivity contribution in [3.8, 4) is 0 Å². The third-order valence-electron chi connectivity index (χ3n) is 2.94. The molecule has 1 aromatic carbocycles. The van der Waals surface area contributed by atoms with Gasteiger partial charge in [0.2, 0.25) is 0 Å². The first-order valence-electron chi connectivity index (χ1n) is 5.62. The number of halogens is 1. The van der Waals surface area contributed by atoms with Crippen molar-refractivity contribution in [2.45, 2.75) is 13.8 Å². The maximum Gasteiger partial charge on any atom is 0.252 e. The molecule has 3 nitrogen and oxygen atoms in total. The second kappa shape index (κ2) is 4.78. The number of rotatable bonds is 3. The Labute approximate surface area is 110 Å². The van der Waals surface area contributed by atoms with Gasteiger partial charge in [-0.2, -0.15) is 0 Å². The van der Waals surface area contributed by atoms with Crippen LogP contribution in [0.3, 0.4) is 0 Å². The van der Waals surface area contributed by atoms with Crippen molar-refractivity contribution in [1.29, 1.82) is 0 Å². The summed E-state index contributed by atoms with van der Waals surface area (Å²) in [6.07, 6.45) is 0. The molecule has 17 heavy (non-hydrogen) atoms. The lowest BCUT2D eigenvalue weighted by molar-refractivity contribution is -0.0978. The van der Waals surface area contributed by atoms with Crippen molar-refractivity contribution in [3.05, 3.63) is 33.8 Å². The van der Waals surface area contributed by atoms with Crippen LogP contribution in [-0.2, 0) is 4.74 Å². The van der Waals surface area contributed by atoms with E-state index in [1.165, 1.54) is 0 Å². The Morgan fingerprint density at radius 1 is 1.53 bits per heavy atom. The van der Waals surface area contributed by atoms with Crippen LogP contribution >= 0.6 is 15.9 Å². The minimum absolute atomic E-state index is 0.0336. The van der Waals surface area contributed by atoms with Gasteiger partial charge in [-0.05, 0) is 35.0 Å². The van der Waals surface area contributed by atoms with Crippen molar-refractivity contribution < 1.29 is 9.53 Å². The summed E-state index contributed by atoms with van der Waals surface area (Å²) in [7, 11) is 0. The van der Waals surface area contributed by atoms with Gasteiger partial charge in [0.25, 0.3) is 5.91 Å². The van der Waals surface area contributed by atoms with Crippen molar-refractivity contribution in [2.24, 2.45) is 5.41 Å². The van der Waals surface area contributed by atoms with E-state index in [0.717, 1.165) is 23.2 Å². The molecular weight excluding hydrogens is 282 g/mol. The number of ether oxygens (including phenoxy) is 1. The molecule has 0 atom stereocenters. The number of hydrogen-bond donors (Lipinski definition) is 1. The predicted molar refractivity (Wildman–Crippen MR) is 70.1 cm³/mol. The van der Waals surface area contributed by atoms with Gasteiger partial charge in [0, 0.05) is 16.4 Å². The smallest absolute Gasteiger partial charge is 0.252 e. The van der Waals surface area contributed by atoms with E-state index in [1.807, 2.05) is 25.1 Å². The lowest BCUT2D eigenvalue weighted by Gasteiger charge is -2.38. The number of nitrogens with one attached hydrogen (secondary N) is 1. The topological polar surface area (TPSA) is 38.3 Å². The van der Waals surface area contributed by atoms with Gasteiger partial charge < -0.3 is 10.1 Å². The normalized spacial score (nSPS) is 17.4. The van der Waals surface area contributed by atoms with Crippen LogP contribution in [0.15, 0.2) is 22.7 Å². The standard InChI is InChI=1S/C13H16BrNO2/c1-9-3-4-11(14)10(5-9)12(16)15-6-13(2)7-17-8-13/h3-5H,6-8H2,1-2H3,(H,15,16). The van der Waals surface area contributed by atoms with E-state index in [1.54, 1.807) is 0 Å². The van der Waals surface area contributed by atoms with Crippen LogP contribution in [0.2, 0.25) is 0 Å². The summed E-state index contributed by atoms with van der Waals surface area (Å²) in [6.45, 7) is 6.20. The molecule has 0 bridgehead atoms. The van der Waals surface area contributed by atoms with Crippen molar-refractivity contribution >= 4 is 21.8 Å². The van der Waals surface area contributed by atoms with Crippen LogP contribution in [0.1, 0.15) is 22.8 Å². The van der Waals surface area contributed by atoms with Crippen molar-refractivity contribution in [2.75, 3.05) is 19.8 Å². The Bertz CT molecular complexity index is 441. The summed E-state index contributed by atoms with van der Waals surface area (Å²) < 4.78 is 5.99. The average molecular weight is 298 g/mol. The van der Waals surface area contributed by atoms with E-state index in [0.29, 0.717) is 12.1 Å². The molecule has 1 heterocycles. The molecule has 92 valence electrons. The zero-order chi connectivity index (χ0) is 12.5. The molecule has 1 fully saturated rings. The Balaban J connectivity index is 2.01. The molecule has 0 aliphatic carbocycles. The van der Waals surface area contributed by atoms with E-state index in [4.69, 9.17) is 4.74 Å².